The normalized spacial score (nSPS) is 9.95. The summed E-state index contributed by atoms with van der Waals surface area (Å²) in [5.74, 6) is 0.195. The second-order valence-corrected chi connectivity index (χ2v) is 4.54. The number of amides is 1. The molecule has 5 nitrogen and oxygen atoms in total. The van der Waals surface area contributed by atoms with Gasteiger partial charge in [-0.3, -0.25) is 4.79 Å². The number of rotatable bonds is 6. The summed E-state index contributed by atoms with van der Waals surface area (Å²) in [6, 6.07) is 9.67. The first-order chi connectivity index (χ1) is 10.2. The summed E-state index contributed by atoms with van der Waals surface area (Å²) >= 11 is 0. The molecule has 2 N–H and O–H groups in total. The van der Waals surface area contributed by atoms with Crippen molar-refractivity contribution in [3.63, 3.8) is 0 Å². The van der Waals surface area contributed by atoms with Gasteiger partial charge in [0.2, 0.25) is 5.95 Å². The molecule has 0 fully saturated rings. The van der Waals surface area contributed by atoms with Crippen molar-refractivity contribution in [3.8, 4) is 0 Å². The number of benzene rings is 1. The minimum atomic E-state index is -0.240. The van der Waals surface area contributed by atoms with E-state index in [-0.39, 0.29) is 5.91 Å². The molecular weight excluding hydrogens is 264 g/mol. The predicted octanol–water partition coefficient (Wildman–Crippen LogP) is 2.31. The molecule has 0 aliphatic heterocycles. The van der Waals surface area contributed by atoms with Crippen LogP contribution in [0.2, 0.25) is 0 Å². The van der Waals surface area contributed by atoms with E-state index < -0.39 is 0 Å². The lowest BCUT2D eigenvalue weighted by atomic mass is 10.1. The number of nitrogens with zero attached hydrogens (tertiary/aromatic N) is 2. The fourth-order valence-corrected chi connectivity index (χ4v) is 1.81. The van der Waals surface area contributed by atoms with E-state index in [4.69, 9.17) is 0 Å². The Bertz CT molecular complexity index is 640. The molecular formula is C16H18N4O. The van der Waals surface area contributed by atoms with Gasteiger partial charge in [0.25, 0.3) is 5.91 Å². The van der Waals surface area contributed by atoms with E-state index in [2.05, 4.69) is 40.2 Å². The standard InChI is InChI=1S/C16H18N4O/c1-3-9-17-15(21)14-8-10-18-16(20-14)19-11-13-7-5-4-6-12(13)2/h3-8,10H,1,9,11H2,2H3,(H,17,21)(H,18,19,20). The van der Waals surface area contributed by atoms with E-state index in [1.807, 2.05) is 18.2 Å². The van der Waals surface area contributed by atoms with Crippen LogP contribution in [0.1, 0.15) is 21.6 Å². The van der Waals surface area contributed by atoms with Crippen molar-refractivity contribution in [1.29, 1.82) is 0 Å². The SMILES string of the molecule is C=CCNC(=O)c1ccnc(NCc2ccccc2C)n1. The summed E-state index contributed by atoms with van der Waals surface area (Å²) in [7, 11) is 0. The van der Waals surface area contributed by atoms with E-state index in [1.165, 1.54) is 11.1 Å². The number of aromatic nitrogens is 2. The van der Waals surface area contributed by atoms with Gasteiger partial charge in [-0.25, -0.2) is 9.97 Å². The summed E-state index contributed by atoms with van der Waals surface area (Å²) in [4.78, 5) is 20.1. The fourth-order valence-electron chi connectivity index (χ4n) is 1.81. The molecule has 0 spiro atoms. The summed E-state index contributed by atoms with van der Waals surface area (Å²) in [6.45, 7) is 6.63. The molecule has 2 rings (SSSR count). The van der Waals surface area contributed by atoms with E-state index in [9.17, 15) is 4.79 Å². The van der Waals surface area contributed by atoms with Crippen LogP contribution in [0.25, 0.3) is 0 Å². The summed E-state index contributed by atoms with van der Waals surface area (Å²) in [5.41, 5.74) is 2.70. The van der Waals surface area contributed by atoms with Crippen LogP contribution in [0.5, 0.6) is 0 Å². The molecule has 0 radical (unpaired) electrons. The molecule has 0 atom stereocenters. The lowest BCUT2D eigenvalue weighted by Crippen LogP contribution is -2.24. The van der Waals surface area contributed by atoms with Crippen LogP contribution in [0.15, 0.2) is 49.2 Å². The summed E-state index contributed by atoms with van der Waals surface area (Å²) < 4.78 is 0. The Morgan fingerprint density at radius 2 is 2.14 bits per heavy atom. The molecule has 1 aromatic carbocycles. The minimum Gasteiger partial charge on any atom is -0.350 e. The zero-order valence-electron chi connectivity index (χ0n) is 12.0. The van der Waals surface area contributed by atoms with E-state index in [0.717, 1.165) is 0 Å². The monoisotopic (exact) mass is 282 g/mol. The molecule has 0 saturated heterocycles. The maximum Gasteiger partial charge on any atom is 0.270 e. The second kappa shape index (κ2) is 7.19. The Morgan fingerprint density at radius 3 is 2.90 bits per heavy atom. The molecule has 0 aliphatic rings. The van der Waals surface area contributed by atoms with Crippen LogP contribution in [0, 0.1) is 6.92 Å². The maximum atomic E-state index is 11.8. The van der Waals surface area contributed by atoms with Gasteiger partial charge < -0.3 is 10.6 Å². The third-order valence-corrected chi connectivity index (χ3v) is 2.99. The Labute approximate surface area is 124 Å². The fraction of sp³-hybridized carbons (Fsp3) is 0.188. The molecule has 1 amide bonds. The van der Waals surface area contributed by atoms with E-state index >= 15 is 0 Å². The number of carbonyl (C=O) groups excluding carboxylic acids is 1. The van der Waals surface area contributed by atoms with Crippen molar-refractivity contribution in [2.75, 3.05) is 11.9 Å². The third kappa shape index (κ3) is 4.14. The molecule has 2 aromatic rings. The molecule has 21 heavy (non-hydrogen) atoms. The van der Waals surface area contributed by atoms with Crippen molar-refractivity contribution in [3.05, 3.63) is 66.0 Å². The number of hydrogen-bond donors (Lipinski definition) is 2. The highest BCUT2D eigenvalue weighted by molar-refractivity contribution is 5.92. The van der Waals surface area contributed by atoms with Crippen molar-refractivity contribution < 1.29 is 4.79 Å². The van der Waals surface area contributed by atoms with Gasteiger partial charge in [-0.1, -0.05) is 30.3 Å². The quantitative estimate of drug-likeness (QED) is 0.798. The molecule has 0 bridgehead atoms. The zero-order valence-corrected chi connectivity index (χ0v) is 12.0. The molecule has 0 saturated carbocycles. The Kier molecular flexibility index (Phi) is 5.04. The summed E-state index contributed by atoms with van der Waals surface area (Å²) in [5, 5.41) is 5.81. The molecule has 1 heterocycles. The maximum absolute atomic E-state index is 11.8. The Hall–Kier alpha value is -2.69. The van der Waals surface area contributed by atoms with Gasteiger partial charge in [0.05, 0.1) is 0 Å². The Morgan fingerprint density at radius 1 is 1.33 bits per heavy atom. The molecule has 0 aliphatic carbocycles. The van der Waals surface area contributed by atoms with Crippen molar-refractivity contribution >= 4 is 11.9 Å². The lowest BCUT2D eigenvalue weighted by molar-refractivity contribution is 0.0953. The summed E-state index contributed by atoms with van der Waals surface area (Å²) in [6.07, 6.45) is 3.19. The molecule has 5 heteroatoms. The highest BCUT2D eigenvalue weighted by Crippen LogP contribution is 2.09. The molecule has 1 aromatic heterocycles. The first-order valence-electron chi connectivity index (χ1n) is 6.71. The van der Waals surface area contributed by atoms with E-state index in [1.54, 1.807) is 18.3 Å². The molecule has 0 unspecified atom stereocenters. The molecule has 108 valence electrons. The number of aryl methyl sites for hydroxylation is 1. The topological polar surface area (TPSA) is 66.9 Å². The Balaban J connectivity index is 2.03. The van der Waals surface area contributed by atoms with Crippen molar-refractivity contribution in [2.45, 2.75) is 13.5 Å². The average Bonchev–Trinajstić information content (AvgIpc) is 2.52. The number of hydrogen-bond acceptors (Lipinski definition) is 4. The minimum absolute atomic E-state index is 0.240. The number of nitrogens with one attached hydrogen (secondary N) is 2. The van der Waals surface area contributed by atoms with Gasteiger partial charge in [-0.05, 0) is 24.1 Å². The number of carbonyl (C=O) groups is 1. The van der Waals surface area contributed by atoms with Gasteiger partial charge in [-0.2, -0.15) is 0 Å². The van der Waals surface area contributed by atoms with Crippen molar-refractivity contribution in [1.82, 2.24) is 15.3 Å². The van der Waals surface area contributed by atoms with E-state index in [0.29, 0.717) is 24.7 Å². The largest absolute Gasteiger partial charge is 0.350 e. The van der Waals surface area contributed by atoms with Gasteiger partial charge in [-0.15, -0.1) is 6.58 Å². The van der Waals surface area contributed by atoms with Gasteiger partial charge in [0.1, 0.15) is 5.69 Å². The first kappa shape index (κ1) is 14.7. The number of anilines is 1. The predicted molar refractivity (Wildman–Crippen MR) is 83.1 cm³/mol. The highest BCUT2D eigenvalue weighted by Gasteiger charge is 2.07. The van der Waals surface area contributed by atoms with Gasteiger partial charge in [0.15, 0.2) is 0 Å². The second-order valence-electron chi connectivity index (χ2n) is 4.54. The average molecular weight is 282 g/mol. The van der Waals surface area contributed by atoms with Gasteiger partial charge >= 0.3 is 0 Å². The van der Waals surface area contributed by atoms with Crippen LogP contribution in [0.4, 0.5) is 5.95 Å². The van der Waals surface area contributed by atoms with Crippen LogP contribution >= 0.6 is 0 Å². The lowest BCUT2D eigenvalue weighted by Gasteiger charge is -2.08. The van der Waals surface area contributed by atoms with Crippen LogP contribution in [-0.4, -0.2) is 22.4 Å². The van der Waals surface area contributed by atoms with Crippen molar-refractivity contribution in [2.24, 2.45) is 0 Å². The highest BCUT2D eigenvalue weighted by atomic mass is 16.1. The van der Waals surface area contributed by atoms with Crippen LogP contribution in [-0.2, 0) is 6.54 Å². The first-order valence-corrected chi connectivity index (χ1v) is 6.71. The van der Waals surface area contributed by atoms with Crippen LogP contribution in [0.3, 0.4) is 0 Å². The smallest absolute Gasteiger partial charge is 0.270 e. The zero-order chi connectivity index (χ0) is 15.1. The third-order valence-electron chi connectivity index (χ3n) is 2.99. The van der Waals surface area contributed by atoms with Gasteiger partial charge in [0, 0.05) is 19.3 Å². The van der Waals surface area contributed by atoms with Crippen LogP contribution < -0.4 is 10.6 Å².